The second-order valence-corrected chi connectivity index (χ2v) is 5.96. The summed E-state index contributed by atoms with van der Waals surface area (Å²) in [6.45, 7) is 0.746. The quantitative estimate of drug-likeness (QED) is 0.594. The van der Waals surface area contributed by atoms with Gasteiger partial charge in [0.1, 0.15) is 0 Å². The van der Waals surface area contributed by atoms with Crippen LogP contribution in [0.4, 0.5) is 39.5 Å². The molecule has 1 heterocycles. The molecule has 13 heteroatoms. The fraction of sp³-hybridized carbons (Fsp3) is 0.600. The Morgan fingerprint density at radius 1 is 0.786 bits per heavy atom. The summed E-state index contributed by atoms with van der Waals surface area (Å²) in [4.78, 5) is 1.25. The van der Waals surface area contributed by atoms with Gasteiger partial charge in [-0.3, -0.25) is 4.90 Å². The van der Waals surface area contributed by atoms with Crippen molar-refractivity contribution in [3.63, 3.8) is 0 Å². The predicted molar refractivity (Wildman–Crippen MR) is 88.8 cm³/mol. The van der Waals surface area contributed by atoms with Gasteiger partial charge in [0, 0.05) is 32.2 Å². The molecule has 28 heavy (non-hydrogen) atoms. The van der Waals surface area contributed by atoms with Crippen molar-refractivity contribution < 1.29 is 39.5 Å². The summed E-state index contributed by atoms with van der Waals surface area (Å²) in [6.07, 6.45) is -16.5. The van der Waals surface area contributed by atoms with Crippen molar-refractivity contribution in [3.8, 4) is 0 Å². The molecule has 0 radical (unpaired) electrons. The van der Waals surface area contributed by atoms with Gasteiger partial charge in [0.15, 0.2) is 0 Å². The minimum Gasteiger partial charge on any atom is -0.314 e. The first-order valence-corrected chi connectivity index (χ1v) is 7.58. The van der Waals surface area contributed by atoms with Crippen LogP contribution in [0, 0.1) is 0 Å². The number of piperazine rings is 1. The Morgan fingerprint density at radius 3 is 1.57 bits per heavy atom. The van der Waals surface area contributed by atoms with Crippen LogP contribution in [0.1, 0.15) is 29.2 Å². The SMILES string of the molecule is Cl.Cl.FC(F)(F)C[C@H](c1cc(C(F)(F)F)cc(C(F)(F)F)c1)N1CCNCC1. The summed E-state index contributed by atoms with van der Waals surface area (Å²) >= 11 is 0. The van der Waals surface area contributed by atoms with Gasteiger partial charge >= 0.3 is 18.5 Å². The van der Waals surface area contributed by atoms with Crippen LogP contribution in [0.25, 0.3) is 0 Å². The van der Waals surface area contributed by atoms with Gasteiger partial charge in [-0.2, -0.15) is 39.5 Å². The third-order valence-electron chi connectivity index (χ3n) is 4.01. The van der Waals surface area contributed by atoms with Crippen LogP contribution in [0.5, 0.6) is 0 Å². The number of nitrogens with one attached hydrogen (secondary N) is 1. The first-order chi connectivity index (χ1) is 11.8. The largest absolute Gasteiger partial charge is 0.416 e. The van der Waals surface area contributed by atoms with E-state index in [1.54, 1.807) is 0 Å². The lowest BCUT2D eigenvalue weighted by atomic mass is 9.95. The van der Waals surface area contributed by atoms with Gasteiger partial charge in [-0.05, 0) is 23.8 Å². The van der Waals surface area contributed by atoms with Crippen molar-refractivity contribution >= 4 is 24.8 Å². The van der Waals surface area contributed by atoms with Crippen molar-refractivity contribution in [2.75, 3.05) is 26.2 Å². The molecular weight excluding hydrogens is 450 g/mol. The summed E-state index contributed by atoms with van der Waals surface area (Å²) < 4.78 is 117. The average Bonchev–Trinajstić information content (AvgIpc) is 2.50. The number of hydrogen-bond acceptors (Lipinski definition) is 2. The second-order valence-electron chi connectivity index (χ2n) is 5.96. The second kappa shape index (κ2) is 9.73. The Labute approximate surface area is 167 Å². The van der Waals surface area contributed by atoms with Crippen LogP contribution < -0.4 is 5.32 Å². The number of benzene rings is 1. The number of nitrogens with zero attached hydrogens (tertiary/aromatic N) is 1. The summed E-state index contributed by atoms with van der Waals surface area (Å²) in [5.74, 6) is 0. The Morgan fingerprint density at radius 2 is 1.21 bits per heavy atom. The molecule has 1 aromatic carbocycles. The van der Waals surface area contributed by atoms with E-state index in [1.807, 2.05) is 0 Å². The van der Waals surface area contributed by atoms with Crippen LogP contribution in [0.3, 0.4) is 0 Å². The Balaban J connectivity index is 0.00000364. The lowest BCUT2D eigenvalue weighted by molar-refractivity contribution is -0.149. The fourth-order valence-electron chi connectivity index (χ4n) is 2.84. The third kappa shape index (κ3) is 7.49. The molecule has 164 valence electrons. The van der Waals surface area contributed by atoms with Crippen molar-refractivity contribution in [1.29, 1.82) is 0 Å². The van der Waals surface area contributed by atoms with E-state index in [2.05, 4.69) is 5.32 Å². The molecule has 0 spiro atoms. The zero-order valence-electron chi connectivity index (χ0n) is 14.0. The van der Waals surface area contributed by atoms with E-state index in [0.29, 0.717) is 25.2 Å². The monoisotopic (exact) mass is 466 g/mol. The summed E-state index contributed by atoms with van der Waals surface area (Å²) in [5, 5.41) is 2.87. The van der Waals surface area contributed by atoms with Gasteiger partial charge < -0.3 is 5.32 Å². The molecule has 1 atom stereocenters. The molecule has 1 saturated heterocycles. The minimum atomic E-state index is -5.11. The molecular formula is C15H17Cl2F9N2. The molecule has 1 aliphatic rings. The molecule has 0 unspecified atom stereocenters. The topological polar surface area (TPSA) is 15.3 Å². The van der Waals surface area contributed by atoms with Gasteiger partial charge in [-0.15, -0.1) is 24.8 Å². The molecule has 0 amide bonds. The summed E-state index contributed by atoms with van der Waals surface area (Å²) in [5.41, 5.74) is -3.89. The summed E-state index contributed by atoms with van der Waals surface area (Å²) in [6, 6.07) is -0.978. The maximum atomic E-state index is 13.0. The van der Waals surface area contributed by atoms with E-state index in [0.717, 1.165) is 0 Å². The molecule has 1 aromatic rings. The van der Waals surface area contributed by atoms with E-state index in [9.17, 15) is 39.5 Å². The lowest BCUT2D eigenvalue weighted by Crippen LogP contribution is -2.46. The molecule has 1 aliphatic heterocycles. The first kappa shape index (κ1) is 27.1. The van der Waals surface area contributed by atoms with Gasteiger partial charge in [0.2, 0.25) is 0 Å². The van der Waals surface area contributed by atoms with E-state index in [1.165, 1.54) is 4.90 Å². The Bertz CT molecular complexity index is 591. The zero-order valence-corrected chi connectivity index (χ0v) is 15.6. The Kier molecular flexibility index (Phi) is 9.41. The van der Waals surface area contributed by atoms with Crippen LogP contribution in [-0.2, 0) is 12.4 Å². The van der Waals surface area contributed by atoms with Crippen LogP contribution in [0.2, 0.25) is 0 Å². The molecule has 0 bridgehead atoms. The number of rotatable bonds is 3. The van der Waals surface area contributed by atoms with Gasteiger partial charge in [0.25, 0.3) is 0 Å². The Hall–Kier alpha value is -0.910. The highest BCUT2D eigenvalue weighted by molar-refractivity contribution is 5.85. The lowest BCUT2D eigenvalue weighted by Gasteiger charge is -2.36. The van der Waals surface area contributed by atoms with Crippen molar-refractivity contribution in [2.45, 2.75) is 31.0 Å². The van der Waals surface area contributed by atoms with Gasteiger partial charge in [-0.25, -0.2) is 0 Å². The molecule has 2 rings (SSSR count). The number of halogens is 11. The van der Waals surface area contributed by atoms with Crippen LogP contribution >= 0.6 is 24.8 Å². The normalized spacial score (nSPS) is 17.5. The predicted octanol–water partition coefficient (Wildman–Crippen LogP) is 5.47. The van der Waals surface area contributed by atoms with E-state index in [4.69, 9.17) is 0 Å². The molecule has 0 aliphatic carbocycles. The van der Waals surface area contributed by atoms with Crippen molar-refractivity contribution in [1.82, 2.24) is 10.2 Å². The molecule has 0 aromatic heterocycles. The minimum absolute atomic E-state index is 0. The highest BCUT2D eigenvalue weighted by Gasteiger charge is 2.40. The zero-order chi connectivity index (χ0) is 19.8. The smallest absolute Gasteiger partial charge is 0.314 e. The number of hydrogen-bond donors (Lipinski definition) is 1. The highest BCUT2D eigenvalue weighted by Crippen LogP contribution is 2.41. The molecule has 0 saturated carbocycles. The molecule has 1 N–H and O–H groups in total. The third-order valence-corrected chi connectivity index (χ3v) is 4.01. The molecule has 1 fully saturated rings. The van der Waals surface area contributed by atoms with E-state index in [-0.39, 0.29) is 44.0 Å². The fourth-order valence-corrected chi connectivity index (χ4v) is 2.84. The average molecular weight is 467 g/mol. The molecule has 2 nitrogen and oxygen atoms in total. The van der Waals surface area contributed by atoms with Gasteiger partial charge in [-0.1, -0.05) is 0 Å². The maximum Gasteiger partial charge on any atom is 0.416 e. The van der Waals surface area contributed by atoms with Gasteiger partial charge in [0.05, 0.1) is 17.5 Å². The maximum absolute atomic E-state index is 13.0. The van der Waals surface area contributed by atoms with Crippen LogP contribution in [0.15, 0.2) is 18.2 Å². The van der Waals surface area contributed by atoms with Crippen LogP contribution in [-0.4, -0.2) is 37.3 Å². The number of alkyl halides is 9. The first-order valence-electron chi connectivity index (χ1n) is 7.58. The van der Waals surface area contributed by atoms with E-state index < -0.39 is 47.7 Å². The summed E-state index contributed by atoms with van der Waals surface area (Å²) in [7, 11) is 0. The van der Waals surface area contributed by atoms with E-state index >= 15 is 0 Å². The highest BCUT2D eigenvalue weighted by atomic mass is 35.5. The standard InChI is InChI=1S/C15H15F9N2.2ClH/c16-13(17,18)8-12(26-3-1-25-2-4-26)9-5-10(14(19,20)21)7-11(6-9)15(22,23)24;;/h5-7,12,25H,1-4,8H2;2*1H/t12-;;/m1../s1. The van der Waals surface area contributed by atoms with Crippen molar-refractivity contribution in [2.24, 2.45) is 0 Å². The van der Waals surface area contributed by atoms with Crippen molar-refractivity contribution in [3.05, 3.63) is 34.9 Å².